The molecular weight excluding hydrogens is 424 g/mol. The van der Waals surface area contributed by atoms with Gasteiger partial charge in [-0.2, -0.15) is 0 Å². The molecule has 0 bridgehead atoms. The van der Waals surface area contributed by atoms with Crippen LogP contribution >= 0.6 is 0 Å². The van der Waals surface area contributed by atoms with Gasteiger partial charge in [0.2, 0.25) is 22.7 Å². The summed E-state index contributed by atoms with van der Waals surface area (Å²) in [6.45, 7) is 4.72. The quantitative estimate of drug-likeness (QED) is 0.618. The van der Waals surface area contributed by atoms with Crippen LogP contribution in [0.5, 0.6) is 11.5 Å². The molecular formula is C21H24N2O7S. The van der Waals surface area contributed by atoms with Gasteiger partial charge >= 0.3 is 5.97 Å². The molecule has 0 radical (unpaired) electrons. The maximum absolute atomic E-state index is 12.8. The minimum Gasteiger partial charge on any atom is -0.462 e. The van der Waals surface area contributed by atoms with E-state index in [0.717, 1.165) is 4.31 Å². The number of nitrogens with one attached hydrogen (secondary N) is 1. The summed E-state index contributed by atoms with van der Waals surface area (Å²) in [5.41, 5.74) is 1.55. The molecule has 31 heavy (non-hydrogen) atoms. The number of benzene rings is 2. The molecule has 1 heterocycles. The van der Waals surface area contributed by atoms with Crippen LogP contribution in [0.3, 0.4) is 0 Å². The Morgan fingerprint density at radius 2 is 1.87 bits per heavy atom. The number of nitrogens with zero attached hydrogens (tertiary/aromatic N) is 1. The van der Waals surface area contributed by atoms with E-state index in [9.17, 15) is 18.0 Å². The van der Waals surface area contributed by atoms with Crippen LogP contribution in [-0.2, 0) is 19.6 Å². The van der Waals surface area contributed by atoms with Gasteiger partial charge in [-0.05, 0) is 50.6 Å². The Morgan fingerprint density at radius 3 is 2.58 bits per heavy atom. The van der Waals surface area contributed by atoms with Crippen molar-refractivity contribution < 1.29 is 32.2 Å². The van der Waals surface area contributed by atoms with E-state index in [0.29, 0.717) is 34.0 Å². The number of rotatable bonds is 8. The van der Waals surface area contributed by atoms with E-state index in [2.05, 4.69) is 5.32 Å². The largest absolute Gasteiger partial charge is 0.462 e. The highest BCUT2D eigenvalue weighted by molar-refractivity contribution is 7.92. The summed E-state index contributed by atoms with van der Waals surface area (Å²) in [6.07, 6.45) is 0. The number of fused-ring (bicyclic) bond motifs is 1. The number of carbonyl (C=O) groups excluding carboxylic acids is 2. The highest BCUT2D eigenvalue weighted by atomic mass is 32.2. The van der Waals surface area contributed by atoms with Gasteiger partial charge in [0, 0.05) is 11.8 Å². The second-order valence-electron chi connectivity index (χ2n) is 6.69. The first-order valence-corrected chi connectivity index (χ1v) is 11.3. The monoisotopic (exact) mass is 448 g/mol. The van der Waals surface area contributed by atoms with Gasteiger partial charge < -0.3 is 19.5 Å². The Balaban J connectivity index is 1.84. The molecule has 1 N–H and O–H groups in total. The third-order valence-electron chi connectivity index (χ3n) is 4.74. The summed E-state index contributed by atoms with van der Waals surface area (Å²) in [7, 11) is -3.76. The summed E-state index contributed by atoms with van der Waals surface area (Å²) >= 11 is 0. The van der Waals surface area contributed by atoms with Crippen molar-refractivity contribution in [2.75, 3.05) is 35.3 Å². The second kappa shape index (κ2) is 9.25. The molecule has 1 amide bonds. The minimum absolute atomic E-state index is 0.0515. The van der Waals surface area contributed by atoms with Crippen molar-refractivity contribution in [3.8, 4) is 11.5 Å². The third-order valence-corrected chi connectivity index (χ3v) is 6.48. The number of hydrogen-bond acceptors (Lipinski definition) is 7. The summed E-state index contributed by atoms with van der Waals surface area (Å²) in [5.74, 6) is -0.322. The molecule has 0 aliphatic carbocycles. The van der Waals surface area contributed by atoms with Crippen molar-refractivity contribution in [3.05, 3.63) is 47.5 Å². The smallest absolute Gasteiger partial charge is 0.338 e. The molecule has 166 valence electrons. The zero-order chi connectivity index (χ0) is 22.6. The topological polar surface area (TPSA) is 111 Å². The van der Waals surface area contributed by atoms with E-state index in [4.69, 9.17) is 14.2 Å². The van der Waals surface area contributed by atoms with Gasteiger partial charge in [0.25, 0.3) is 0 Å². The summed E-state index contributed by atoms with van der Waals surface area (Å²) in [5, 5.41) is 2.69. The van der Waals surface area contributed by atoms with Gasteiger partial charge in [-0.1, -0.05) is 6.07 Å². The van der Waals surface area contributed by atoms with Crippen LogP contribution in [0.4, 0.5) is 11.4 Å². The molecule has 1 aliphatic rings. The average Bonchev–Trinajstić information content (AvgIpc) is 3.21. The molecule has 9 nitrogen and oxygen atoms in total. The molecule has 0 spiro atoms. The fourth-order valence-electron chi connectivity index (χ4n) is 3.07. The van der Waals surface area contributed by atoms with Crippen molar-refractivity contribution in [2.24, 2.45) is 0 Å². The first-order chi connectivity index (χ1) is 14.8. The maximum atomic E-state index is 12.8. The van der Waals surface area contributed by atoms with Crippen molar-refractivity contribution in [2.45, 2.75) is 20.8 Å². The number of esters is 1. The van der Waals surface area contributed by atoms with Crippen LogP contribution in [-0.4, -0.2) is 46.0 Å². The van der Waals surface area contributed by atoms with Crippen LogP contribution in [0.1, 0.15) is 29.8 Å². The molecule has 0 saturated heterocycles. The number of ether oxygens (including phenoxy) is 3. The number of anilines is 2. The predicted octanol–water partition coefficient (Wildman–Crippen LogP) is 2.70. The molecule has 0 fully saturated rings. The van der Waals surface area contributed by atoms with Crippen molar-refractivity contribution in [1.82, 2.24) is 0 Å². The van der Waals surface area contributed by atoms with Crippen molar-refractivity contribution in [1.29, 1.82) is 0 Å². The van der Waals surface area contributed by atoms with Gasteiger partial charge in [-0.15, -0.1) is 0 Å². The lowest BCUT2D eigenvalue weighted by molar-refractivity contribution is -0.114. The van der Waals surface area contributed by atoms with Crippen LogP contribution in [0.15, 0.2) is 36.4 Å². The molecule has 0 atom stereocenters. The lowest BCUT2D eigenvalue weighted by Crippen LogP contribution is -2.39. The van der Waals surface area contributed by atoms with E-state index in [-0.39, 0.29) is 19.2 Å². The van der Waals surface area contributed by atoms with Gasteiger partial charge in [0.15, 0.2) is 11.5 Å². The van der Waals surface area contributed by atoms with Gasteiger partial charge in [-0.3, -0.25) is 9.10 Å². The Labute approximate surface area is 181 Å². The van der Waals surface area contributed by atoms with E-state index in [1.807, 2.05) is 0 Å². The molecule has 2 aromatic rings. The molecule has 10 heteroatoms. The Kier molecular flexibility index (Phi) is 6.69. The molecule has 0 saturated carbocycles. The standard InChI is InChI=1S/C21H24N2O7S/c1-4-28-21(25)16-7-6-8-17(14(16)3)22-20(24)12-23(31(26,27)5-2)15-9-10-18-19(11-15)30-13-29-18/h6-11H,4-5,12-13H2,1-3H3,(H,22,24). The van der Waals surface area contributed by atoms with Gasteiger partial charge in [-0.25, -0.2) is 13.2 Å². The van der Waals surface area contributed by atoms with Crippen LogP contribution in [0, 0.1) is 6.92 Å². The molecule has 3 rings (SSSR count). The molecule has 0 unspecified atom stereocenters. The summed E-state index contributed by atoms with van der Waals surface area (Å²) in [4.78, 5) is 24.8. The maximum Gasteiger partial charge on any atom is 0.338 e. The Hall–Kier alpha value is -3.27. The number of amides is 1. The van der Waals surface area contributed by atoms with E-state index in [1.165, 1.54) is 13.0 Å². The normalized spacial score (nSPS) is 12.4. The summed E-state index contributed by atoms with van der Waals surface area (Å²) < 4.78 is 42.0. The zero-order valence-electron chi connectivity index (χ0n) is 17.5. The third kappa shape index (κ3) is 4.91. The molecule has 2 aromatic carbocycles. The predicted molar refractivity (Wildman–Crippen MR) is 115 cm³/mol. The average molecular weight is 448 g/mol. The first-order valence-electron chi connectivity index (χ1n) is 9.73. The Bertz CT molecular complexity index is 1100. The highest BCUT2D eigenvalue weighted by Gasteiger charge is 2.26. The fourth-order valence-corrected chi connectivity index (χ4v) is 4.13. The number of hydrogen-bond donors (Lipinski definition) is 1. The van der Waals surface area contributed by atoms with Gasteiger partial charge in [0.1, 0.15) is 6.54 Å². The molecule has 1 aliphatic heterocycles. The lowest BCUT2D eigenvalue weighted by Gasteiger charge is -2.24. The van der Waals surface area contributed by atoms with E-state index < -0.39 is 28.4 Å². The second-order valence-corrected chi connectivity index (χ2v) is 8.87. The summed E-state index contributed by atoms with van der Waals surface area (Å²) in [6, 6.07) is 9.53. The minimum atomic E-state index is -3.76. The number of carbonyl (C=O) groups is 2. The van der Waals surface area contributed by atoms with Crippen molar-refractivity contribution in [3.63, 3.8) is 0 Å². The van der Waals surface area contributed by atoms with Gasteiger partial charge in [0.05, 0.1) is 23.6 Å². The zero-order valence-corrected chi connectivity index (χ0v) is 18.3. The number of sulfonamides is 1. The molecule has 0 aromatic heterocycles. The SMILES string of the molecule is CCOC(=O)c1cccc(NC(=O)CN(c2ccc3c(c2)OCO3)S(=O)(=O)CC)c1C. The van der Waals surface area contributed by atoms with Crippen LogP contribution < -0.4 is 19.1 Å². The van der Waals surface area contributed by atoms with Crippen LogP contribution in [0.25, 0.3) is 0 Å². The fraction of sp³-hybridized carbons (Fsp3) is 0.333. The Morgan fingerprint density at radius 1 is 1.13 bits per heavy atom. The van der Waals surface area contributed by atoms with Crippen LogP contribution in [0.2, 0.25) is 0 Å². The van der Waals surface area contributed by atoms with Crippen molar-refractivity contribution >= 4 is 33.3 Å². The lowest BCUT2D eigenvalue weighted by atomic mass is 10.1. The first kappa shape index (κ1) is 22.4. The van der Waals surface area contributed by atoms with E-state index in [1.54, 1.807) is 44.2 Å². The van der Waals surface area contributed by atoms with E-state index >= 15 is 0 Å². The highest BCUT2D eigenvalue weighted by Crippen LogP contribution is 2.36.